The number of aliphatic imine (C=N–C) groups is 1. The summed E-state index contributed by atoms with van der Waals surface area (Å²) >= 11 is 1.62. The Kier molecular flexibility index (Phi) is 7.81. The minimum absolute atomic E-state index is 0. The number of anilines is 1. The summed E-state index contributed by atoms with van der Waals surface area (Å²) in [5.74, 6) is 2.34. The topological polar surface area (TPSA) is 82.7 Å². The van der Waals surface area contributed by atoms with Crippen molar-refractivity contribution in [1.82, 2.24) is 25.2 Å². The smallest absolute Gasteiger partial charge is 0.236 e. The first-order chi connectivity index (χ1) is 13.8. The molecule has 0 aliphatic carbocycles. The van der Waals surface area contributed by atoms with Gasteiger partial charge in [-0.2, -0.15) is 0 Å². The van der Waals surface area contributed by atoms with Crippen molar-refractivity contribution in [1.29, 1.82) is 0 Å². The molecule has 0 saturated carbocycles. The first-order valence-corrected chi connectivity index (χ1v) is 10.2. The fourth-order valence-corrected chi connectivity index (χ4v) is 3.70. The lowest BCUT2D eigenvalue weighted by molar-refractivity contribution is 0.370. The second kappa shape index (κ2) is 10.5. The highest BCUT2D eigenvalue weighted by Gasteiger charge is 2.21. The number of halogens is 1. The molecule has 0 atom stereocenters. The molecule has 4 rings (SSSR count). The highest BCUT2D eigenvalue weighted by atomic mass is 127. The molecule has 1 aliphatic rings. The van der Waals surface area contributed by atoms with E-state index in [9.17, 15) is 0 Å². The van der Waals surface area contributed by atoms with E-state index in [2.05, 4.69) is 37.0 Å². The zero-order chi connectivity index (χ0) is 19.2. The zero-order valence-corrected chi connectivity index (χ0v) is 19.3. The predicted molar refractivity (Wildman–Crippen MR) is 126 cm³/mol. The minimum atomic E-state index is 0. The van der Waals surface area contributed by atoms with E-state index in [-0.39, 0.29) is 24.0 Å². The van der Waals surface area contributed by atoms with Crippen LogP contribution in [0.3, 0.4) is 0 Å². The standard InChI is InChI=1S/C19H23N7OS.HI/c1-2-20-18(23-13-15-14-27-17(24-15)16-5-3-12-28-16)25-8-10-26(11-9-25)19-21-6-4-7-22-19;/h3-7,12,14H,2,8-11,13H2,1H3,(H,20,23);1H. The Morgan fingerprint density at radius 1 is 1.21 bits per heavy atom. The average molecular weight is 525 g/mol. The van der Waals surface area contributed by atoms with Gasteiger partial charge in [0.1, 0.15) is 12.0 Å². The van der Waals surface area contributed by atoms with Crippen LogP contribution in [-0.2, 0) is 6.54 Å². The molecule has 0 amide bonds. The van der Waals surface area contributed by atoms with Crippen LogP contribution in [0, 0.1) is 0 Å². The summed E-state index contributed by atoms with van der Waals surface area (Å²) in [6, 6.07) is 5.83. The Hall–Kier alpha value is -2.21. The summed E-state index contributed by atoms with van der Waals surface area (Å²) in [6.07, 6.45) is 5.25. The van der Waals surface area contributed by atoms with E-state index in [4.69, 9.17) is 9.41 Å². The number of oxazole rings is 1. The van der Waals surface area contributed by atoms with E-state index < -0.39 is 0 Å². The first-order valence-electron chi connectivity index (χ1n) is 9.37. The number of nitrogens with zero attached hydrogens (tertiary/aromatic N) is 6. The summed E-state index contributed by atoms with van der Waals surface area (Å²) in [5, 5.41) is 5.40. The van der Waals surface area contributed by atoms with Crippen LogP contribution < -0.4 is 10.2 Å². The van der Waals surface area contributed by atoms with Gasteiger partial charge >= 0.3 is 0 Å². The molecule has 8 nitrogen and oxygen atoms in total. The summed E-state index contributed by atoms with van der Waals surface area (Å²) in [7, 11) is 0. The van der Waals surface area contributed by atoms with Crippen molar-refractivity contribution in [2.75, 3.05) is 37.6 Å². The van der Waals surface area contributed by atoms with Crippen molar-refractivity contribution < 1.29 is 4.42 Å². The van der Waals surface area contributed by atoms with Gasteiger partial charge in [0.15, 0.2) is 5.96 Å². The molecule has 29 heavy (non-hydrogen) atoms. The maximum Gasteiger partial charge on any atom is 0.236 e. The Balaban J connectivity index is 0.00000240. The molecule has 0 bridgehead atoms. The predicted octanol–water partition coefficient (Wildman–Crippen LogP) is 3.10. The molecule has 154 valence electrons. The number of nitrogens with one attached hydrogen (secondary N) is 1. The van der Waals surface area contributed by atoms with Crippen molar-refractivity contribution >= 4 is 47.2 Å². The molecule has 1 fully saturated rings. The molecule has 0 spiro atoms. The molecule has 0 unspecified atom stereocenters. The van der Waals surface area contributed by atoms with Gasteiger partial charge in [0.05, 0.1) is 11.4 Å². The monoisotopic (exact) mass is 525 g/mol. The van der Waals surface area contributed by atoms with E-state index >= 15 is 0 Å². The van der Waals surface area contributed by atoms with Gasteiger partial charge < -0.3 is 19.5 Å². The number of rotatable bonds is 5. The molecule has 1 saturated heterocycles. The first kappa shape index (κ1) is 21.5. The van der Waals surface area contributed by atoms with Gasteiger partial charge in [-0.1, -0.05) is 6.07 Å². The second-order valence-electron chi connectivity index (χ2n) is 6.31. The third kappa shape index (κ3) is 5.44. The van der Waals surface area contributed by atoms with E-state index in [1.807, 2.05) is 23.6 Å². The van der Waals surface area contributed by atoms with Crippen LogP contribution in [0.2, 0.25) is 0 Å². The molecule has 3 aromatic heterocycles. The molecule has 4 heterocycles. The Morgan fingerprint density at radius 3 is 2.69 bits per heavy atom. The highest BCUT2D eigenvalue weighted by Crippen LogP contribution is 2.23. The maximum atomic E-state index is 5.59. The van der Waals surface area contributed by atoms with E-state index in [0.717, 1.165) is 55.2 Å². The molecule has 0 aromatic carbocycles. The Morgan fingerprint density at radius 2 is 2.00 bits per heavy atom. The van der Waals surface area contributed by atoms with Crippen LogP contribution in [0.15, 0.2) is 51.6 Å². The number of hydrogen-bond donors (Lipinski definition) is 1. The van der Waals surface area contributed by atoms with Gasteiger partial charge in [0, 0.05) is 45.1 Å². The normalized spacial score (nSPS) is 14.6. The molecule has 3 aromatic rings. The third-order valence-electron chi connectivity index (χ3n) is 4.42. The Bertz CT molecular complexity index is 892. The second-order valence-corrected chi connectivity index (χ2v) is 7.26. The van der Waals surface area contributed by atoms with Gasteiger partial charge in [-0.3, -0.25) is 0 Å². The van der Waals surface area contributed by atoms with Gasteiger partial charge in [-0.15, -0.1) is 35.3 Å². The average Bonchev–Trinajstić information content (AvgIpc) is 3.44. The fraction of sp³-hybridized carbons (Fsp3) is 0.368. The van der Waals surface area contributed by atoms with Gasteiger partial charge in [-0.25, -0.2) is 19.9 Å². The SMILES string of the molecule is CCNC(=NCc1coc(-c2cccs2)n1)N1CCN(c2ncccn2)CC1.I. The molecular formula is C19H24IN7OS. The summed E-state index contributed by atoms with van der Waals surface area (Å²) < 4.78 is 5.59. The van der Waals surface area contributed by atoms with Crippen LogP contribution in [0.5, 0.6) is 0 Å². The molecule has 10 heteroatoms. The van der Waals surface area contributed by atoms with Gasteiger partial charge in [0.25, 0.3) is 0 Å². The van der Waals surface area contributed by atoms with Crippen LogP contribution in [0.4, 0.5) is 5.95 Å². The zero-order valence-electron chi connectivity index (χ0n) is 16.2. The third-order valence-corrected chi connectivity index (χ3v) is 5.28. The maximum absolute atomic E-state index is 5.59. The largest absolute Gasteiger partial charge is 0.443 e. The summed E-state index contributed by atoms with van der Waals surface area (Å²) in [6.45, 7) is 6.84. The van der Waals surface area contributed by atoms with Crippen LogP contribution in [-0.4, -0.2) is 58.5 Å². The van der Waals surface area contributed by atoms with Crippen molar-refractivity contribution in [2.24, 2.45) is 4.99 Å². The Labute approximate surface area is 191 Å². The number of aromatic nitrogens is 3. The fourth-order valence-electron chi connectivity index (χ4n) is 3.05. The van der Waals surface area contributed by atoms with E-state index in [1.54, 1.807) is 30.0 Å². The van der Waals surface area contributed by atoms with Gasteiger partial charge in [-0.05, 0) is 24.4 Å². The molecule has 0 radical (unpaired) electrons. The van der Waals surface area contributed by atoms with Crippen molar-refractivity contribution in [3.05, 3.63) is 47.9 Å². The molecular weight excluding hydrogens is 501 g/mol. The van der Waals surface area contributed by atoms with Crippen LogP contribution in [0.1, 0.15) is 12.6 Å². The lowest BCUT2D eigenvalue weighted by Gasteiger charge is -2.36. The highest BCUT2D eigenvalue weighted by molar-refractivity contribution is 14.0. The van der Waals surface area contributed by atoms with Crippen LogP contribution >= 0.6 is 35.3 Å². The molecule has 1 N–H and O–H groups in total. The number of piperazine rings is 1. The summed E-state index contributed by atoms with van der Waals surface area (Å²) in [4.78, 5) is 23.5. The number of hydrogen-bond acceptors (Lipinski definition) is 7. The lowest BCUT2D eigenvalue weighted by atomic mass is 10.3. The van der Waals surface area contributed by atoms with Gasteiger partial charge in [0.2, 0.25) is 11.8 Å². The molecule has 1 aliphatic heterocycles. The van der Waals surface area contributed by atoms with Crippen molar-refractivity contribution in [2.45, 2.75) is 13.5 Å². The van der Waals surface area contributed by atoms with Crippen molar-refractivity contribution in [3.8, 4) is 10.8 Å². The quantitative estimate of drug-likeness (QED) is 0.312. The summed E-state index contributed by atoms with van der Waals surface area (Å²) in [5.41, 5.74) is 0.829. The minimum Gasteiger partial charge on any atom is -0.443 e. The lowest BCUT2D eigenvalue weighted by Crippen LogP contribution is -2.53. The van der Waals surface area contributed by atoms with E-state index in [0.29, 0.717) is 12.4 Å². The van der Waals surface area contributed by atoms with E-state index in [1.165, 1.54) is 0 Å². The number of guanidine groups is 1. The number of thiophene rings is 1. The van der Waals surface area contributed by atoms with Crippen molar-refractivity contribution in [3.63, 3.8) is 0 Å². The van der Waals surface area contributed by atoms with Crippen LogP contribution in [0.25, 0.3) is 10.8 Å².